The number of para-hydroxylation sites is 2. The van der Waals surface area contributed by atoms with Crippen molar-refractivity contribution in [1.29, 1.82) is 0 Å². The van der Waals surface area contributed by atoms with Crippen molar-refractivity contribution < 1.29 is 4.79 Å². The van der Waals surface area contributed by atoms with Gasteiger partial charge in [0.15, 0.2) is 0 Å². The standard InChI is InChI=1S/C23H21N3OS/c1-14-8-2-3-9-15(14)22(27)26-23-20(16-10-4-7-13-19(16)28-23)21-24-17-11-5-6-12-18(17)25-21/h2-3,5-6,8-9,11-12H,4,7,10,13H2,1H3,(H,24,25)(H,26,27). The van der Waals surface area contributed by atoms with Gasteiger partial charge in [-0.05, 0) is 61.9 Å². The fourth-order valence-electron chi connectivity index (χ4n) is 3.97. The molecule has 2 aromatic carbocycles. The van der Waals surface area contributed by atoms with Crippen LogP contribution in [0.1, 0.15) is 39.2 Å². The van der Waals surface area contributed by atoms with Crippen LogP contribution < -0.4 is 5.32 Å². The molecule has 2 N–H and O–H groups in total. The molecule has 0 saturated carbocycles. The Morgan fingerprint density at radius 1 is 1.07 bits per heavy atom. The molecule has 1 aliphatic rings. The van der Waals surface area contributed by atoms with Crippen LogP contribution >= 0.6 is 11.3 Å². The van der Waals surface area contributed by atoms with E-state index in [-0.39, 0.29) is 5.91 Å². The first-order valence-electron chi connectivity index (χ1n) is 9.67. The van der Waals surface area contributed by atoms with E-state index in [4.69, 9.17) is 4.98 Å². The largest absolute Gasteiger partial charge is 0.338 e. The second-order valence-corrected chi connectivity index (χ2v) is 8.39. The van der Waals surface area contributed by atoms with E-state index in [0.717, 1.165) is 45.8 Å². The minimum absolute atomic E-state index is 0.0611. The van der Waals surface area contributed by atoms with E-state index in [1.807, 2.05) is 55.5 Å². The maximum atomic E-state index is 13.0. The van der Waals surface area contributed by atoms with Crippen LogP contribution in [-0.2, 0) is 12.8 Å². The Balaban J connectivity index is 1.61. The number of nitrogens with one attached hydrogen (secondary N) is 2. The summed E-state index contributed by atoms with van der Waals surface area (Å²) in [4.78, 5) is 22.6. The number of nitrogens with zero attached hydrogens (tertiary/aromatic N) is 1. The minimum Gasteiger partial charge on any atom is -0.338 e. The summed E-state index contributed by atoms with van der Waals surface area (Å²) in [6.45, 7) is 1.97. The number of benzene rings is 2. The van der Waals surface area contributed by atoms with Gasteiger partial charge in [-0.15, -0.1) is 11.3 Å². The molecule has 0 saturated heterocycles. The van der Waals surface area contributed by atoms with Gasteiger partial charge in [0.2, 0.25) is 0 Å². The fraction of sp³-hybridized carbons (Fsp3) is 0.217. The lowest BCUT2D eigenvalue weighted by Gasteiger charge is -2.12. The minimum atomic E-state index is -0.0611. The van der Waals surface area contributed by atoms with Crippen LogP contribution in [0.25, 0.3) is 22.4 Å². The third-order valence-corrected chi connectivity index (χ3v) is 6.62. The van der Waals surface area contributed by atoms with Gasteiger partial charge in [-0.25, -0.2) is 4.98 Å². The number of H-pyrrole nitrogens is 1. The number of amides is 1. The van der Waals surface area contributed by atoms with E-state index in [9.17, 15) is 4.79 Å². The van der Waals surface area contributed by atoms with E-state index < -0.39 is 0 Å². The lowest BCUT2D eigenvalue weighted by Crippen LogP contribution is -2.13. The third-order valence-electron chi connectivity index (χ3n) is 5.41. The second kappa shape index (κ2) is 6.91. The number of anilines is 1. The van der Waals surface area contributed by atoms with Crippen molar-refractivity contribution in [3.63, 3.8) is 0 Å². The topological polar surface area (TPSA) is 57.8 Å². The monoisotopic (exact) mass is 387 g/mol. The number of thiophene rings is 1. The summed E-state index contributed by atoms with van der Waals surface area (Å²) in [5.74, 6) is 0.787. The number of aromatic nitrogens is 2. The van der Waals surface area contributed by atoms with Gasteiger partial charge < -0.3 is 10.3 Å². The van der Waals surface area contributed by atoms with E-state index in [2.05, 4.69) is 10.3 Å². The maximum Gasteiger partial charge on any atom is 0.256 e. The van der Waals surface area contributed by atoms with Crippen molar-refractivity contribution >= 4 is 33.3 Å². The number of carbonyl (C=O) groups excluding carboxylic acids is 1. The predicted octanol–water partition coefficient (Wildman–Crippen LogP) is 5.73. The molecular formula is C23H21N3OS. The molecule has 0 unspecified atom stereocenters. The Morgan fingerprint density at radius 2 is 1.86 bits per heavy atom. The highest BCUT2D eigenvalue weighted by Crippen LogP contribution is 2.43. The maximum absolute atomic E-state index is 13.0. The second-order valence-electron chi connectivity index (χ2n) is 7.29. The summed E-state index contributed by atoms with van der Waals surface area (Å²) >= 11 is 1.70. The summed E-state index contributed by atoms with van der Waals surface area (Å²) in [6, 6.07) is 15.8. The molecule has 28 heavy (non-hydrogen) atoms. The van der Waals surface area contributed by atoms with E-state index in [1.54, 1.807) is 11.3 Å². The predicted molar refractivity (Wildman–Crippen MR) is 115 cm³/mol. The van der Waals surface area contributed by atoms with Crippen molar-refractivity contribution in [1.82, 2.24) is 9.97 Å². The first-order chi connectivity index (χ1) is 13.7. The zero-order valence-electron chi connectivity index (χ0n) is 15.7. The third kappa shape index (κ3) is 2.92. The molecule has 2 heterocycles. The van der Waals surface area contributed by atoms with E-state index in [0.29, 0.717) is 5.56 Å². The summed E-state index contributed by atoms with van der Waals surface area (Å²) < 4.78 is 0. The molecule has 0 atom stereocenters. The van der Waals surface area contributed by atoms with Crippen LogP contribution in [0.15, 0.2) is 48.5 Å². The molecule has 0 bridgehead atoms. The average molecular weight is 388 g/mol. The zero-order valence-corrected chi connectivity index (χ0v) is 16.5. The number of aryl methyl sites for hydroxylation is 2. The normalized spacial score (nSPS) is 13.5. The van der Waals surface area contributed by atoms with Crippen LogP contribution in [0.3, 0.4) is 0 Å². The molecule has 0 aliphatic heterocycles. The molecule has 0 spiro atoms. The summed E-state index contributed by atoms with van der Waals surface area (Å²) in [5, 5.41) is 4.09. The Kier molecular flexibility index (Phi) is 4.24. The lowest BCUT2D eigenvalue weighted by atomic mass is 9.95. The number of imidazole rings is 1. The number of hydrogen-bond donors (Lipinski definition) is 2. The molecule has 0 fully saturated rings. The SMILES string of the molecule is Cc1ccccc1C(=O)Nc1sc2c(c1-c1nc3ccccc3[nH]1)CCCC2. The molecular weight excluding hydrogens is 366 g/mol. The number of fused-ring (bicyclic) bond motifs is 2. The Bertz CT molecular complexity index is 1150. The first-order valence-corrected chi connectivity index (χ1v) is 10.5. The van der Waals surface area contributed by atoms with Crippen LogP contribution in [0.2, 0.25) is 0 Å². The zero-order chi connectivity index (χ0) is 19.1. The highest BCUT2D eigenvalue weighted by Gasteiger charge is 2.25. The number of hydrogen-bond acceptors (Lipinski definition) is 3. The van der Waals surface area contributed by atoms with Crippen molar-refractivity contribution in [2.75, 3.05) is 5.32 Å². The number of rotatable bonds is 3. The van der Waals surface area contributed by atoms with Gasteiger partial charge >= 0.3 is 0 Å². The molecule has 2 aromatic heterocycles. The van der Waals surface area contributed by atoms with E-state index in [1.165, 1.54) is 23.3 Å². The molecule has 5 heteroatoms. The van der Waals surface area contributed by atoms with Crippen LogP contribution in [0.4, 0.5) is 5.00 Å². The smallest absolute Gasteiger partial charge is 0.256 e. The van der Waals surface area contributed by atoms with Gasteiger partial charge in [0.25, 0.3) is 5.91 Å². The van der Waals surface area contributed by atoms with Gasteiger partial charge in [-0.1, -0.05) is 30.3 Å². The molecule has 4 nitrogen and oxygen atoms in total. The molecule has 5 rings (SSSR count). The summed E-state index contributed by atoms with van der Waals surface area (Å²) in [5.41, 5.74) is 6.07. The molecule has 1 amide bonds. The van der Waals surface area contributed by atoms with Crippen molar-refractivity contribution in [3.05, 3.63) is 70.1 Å². The quantitative estimate of drug-likeness (QED) is 0.471. The van der Waals surface area contributed by atoms with Crippen molar-refractivity contribution in [3.8, 4) is 11.4 Å². The molecule has 4 aromatic rings. The Labute approximate surface area is 167 Å². The van der Waals surface area contributed by atoms with Crippen LogP contribution in [-0.4, -0.2) is 15.9 Å². The van der Waals surface area contributed by atoms with Gasteiger partial charge in [0, 0.05) is 10.4 Å². The molecule has 0 radical (unpaired) electrons. The fourth-order valence-corrected chi connectivity index (χ4v) is 5.26. The molecule has 1 aliphatic carbocycles. The summed E-state index contributed by atoms with van der Waals surface area (Å²) in [6.07, 6.45) is 4.51. The van der Waals surface area contributed by atoms with Gasteiger partial charge in [-0.2, -0.15) is 0 Å². The van der Waals surface area contributed by atoms with E-state index >= 15 is 0 Å². The lowest BCUT2D eigenvalue weighted by molar-refractivity contribution is 0.102. The van der Waals surface area contributed by atoms with Gasteiger partial charge in [-0.3, -0.25) is 4.79 Å². The van der Waals surface area contributed by atoms with Gasteiger partial charge in [0.1, 0.15) is 10.8 Å². The van der Waals surface area contributed by atoms with Crippen LogP contribution in [0.5, 0.6) is 0 Å². The van der Waals surface area contributed by atoms with Crippen molar-refractivity contribution in [2.45, 2.75) is 32.6 Å². The highest BCUT2D eigenvalue weighted by molar-refractivity contribution is 7.17. The van der Waals surface area contributed by atoms with Gasteiger partial charge in [0.05, 0.1) is 16.6 Å². The number of carbonyl (C=O) groups is 1. The number of aromatic amines is 1. The Morgan fingerprint density at radius 3 is 2.71 bits per heavy atom. The van der Waals surface area contributed by atoms with Crippen molar-refractivity contribution in [2.24, 2.45) is 0 Å². The average Bonchev–Trinajstić information content (AvgIpc) is 3.28. The summed E-state index contributed by atoms with van der Waals surface area (Å²) in [7, 11) is 0. The first kappa shape index (κ1) is 17.2. The van der Waals surface area contributed by atoms with Crippen LogP contribution in [0, 0.1) is 6.92 Å². The molecule has 140 valence electrons. The highest BCUT2D eigenvalue weighted by atomic mass is 32.1. The Hall–Kier alpha value is -2.92.